The second-order valence-corrected chi connectivity index (χ2v) is 3.30. The molecule has 0 aliphatic rings. The molecule has 0 saturated heterocycles. The van der Waals surface area contributed by atoms with Crippen LogP contribution >= 0.6 is 0 Å². The highest BCUT2D eigenvalue weighted by Crippen LogP contribution is 1.86. The second-order valence-electron chi connectivity index (χ2n) is 3.30. The molecule has 16 heavy (non-hydrogen) atoms. The van der Waals surface area contributed by atoms with E-state index in [9.17, 15) is 4.79 Å². The van der Waals surface area contributed by atoms with Crippen molar-refractivity contribution in [1.29, 1.82) is 0 Å². The Morgan fingerprint density at radius 1 is 1.19 bits per heavy atom. The van der Waals surface area contributed by atoms with E-state index in [1.807, 2.05) is 21.1 Å². The minimum absolute atomic E-state index is 0.181. The van der Waals surface area contributed by atoms with Crippen molar-refractivity contribution in [3.63, 3.8) is 0 Å². The fourth-order valence-electron chi connectivity index (χ4n) is 0.406. The van der Waals surface area contributed by atoms with Crippen LogP contribution in [-0.4, -0.2) is 58.6 Å². The van der Waals surface area contributed by atoms with Crippen molar-refractivity contribution < 1.29 is 29.8 Å². The molecule has 0 heterocycles. The second kappa shape index (κ2) is 9.39. The van der Waals surface area contributed by atoms with Crippen molar-refractivity contribution in [2.24, 2.45) is 0 Å². The van der Waals surface area contributed by atoms with Gasteiger partial charge in [-0.25, -0.2) is 4.79 Å². The lowest BCUT2D eigenvalue weighted by atomic mass is 10.5. The SMILES string of the molecule is C[N+](C)(C)CC(=O)O.O=[N+]([O-])O.O=[N+]([O-])[O-]. The molecule has 11 nitrogen and oxygen atoms in total. The number of carboxylic acid groups (broad SMARTS) is 1. The zero-order valence-electron chi connectivity index (χ0n) is 8.89. The van der Waals surface area contributed by atoms with E-state index in [0.29, 0.717) is 4.48 Å². The number of hydrogen-bond acceptors (Lipinski definition) is 6. The van der Waals surface area contributed by atoms with Crippen molar-refractivity contribution in [3.8, 4) is 0 Å². The van der Waals surface area contributed by atoms with Gasteiger partial charge in [0, 0.05) is 0 Å². The maximum Gasteiger partial charge on any atom is 0.359 e. The molecule has 0 fully saturated rings. The van der Waals surface area contributed by atoms with E-state index in [4.69, 9.17) is 35.7 Å². The van der Waals surface area contributed by atoms with Crippen LogP contribution in [0.25, 0.3) is 0 Å². The molecule has 0 aliphatic heterocycles. The van der Waals surface area contributed by atoms with Gasteiger partial charge in [-0.05, 0) is 0 Å². The monoisotopic (exact) mass is 243 g/mol. The van der Waals surface area contributed by atoms with Crippen LogP contribution < -0.4 is 0 Å². The van der Waals surface area contributed by atoms with E-state index in [1.54, 1.807) is 0 Å². The van der Waals surface area contributed by atoms with Gasteiger partial charge in [-0.1, -0.05) is 0 Å². The lowest BCUT2D eigenvalue weighted by Gasteiger charge is -2.20. The fraction of sp³-hybridized carbons (Fsp3) is 0.800. The number of hydrogen-bond donors (Lipinski definition) is 2. The third-order valence-corrected chi connectivity index (χ3v) is 0.610. The molecule has 0 saturated carbocycles. The maximum absolute atomic E-state index is 10.00. The number of rotatable bonds is 2. The van der Waals surface area contributed by atoms with Gasteiger partial charge in [0.2, 0.25) is 0 Å². The minimum atomic E-state index is -1.75. The quantitative estimate of drug-likeness (QED) is 0.360. The van der Waals surface area contributed by atoms with Crippen LogP contribution in [0.15, 0.2) is 0 Å². The van der Waals surface area contributed by atoms with Crippen molar-refractivity contribution in [2.45, 2.75) is 0 Å². The molecule has 0 atom stereocenters. The van der Waals surface area contributed by atoms with E-state index in [2.05, 4.69) is 0 Å². The molecule has 0 aromatic carbocycles. The number of carboxylic acids is 1. The molecule has 0 bridgehead atoms. The first kappa shape index (κ1) is 19.4. The summed E-state index contributed by atoms with van der Waals surface area (Å²) >= 11 is 0. The van der Waals surface area contributed by atoms with E-state index < -0.39 is 16.1 Å². The topological polar surface area (TPSA) is 167 Å². The van der Waals surface area contributed by atoms with Crippen molar-refractivity contribution in [2.75, 3.05) is 27.7 Å². The molecular formula is C5H13N3O8. The summed E-state index contributed by atoms with van der Waals surface area (Å²) in [5.41, 5.74) is 0. The minimum Gasteiger partial charge on any atom is -0.477 e. The lowest BCUT2D eigenvalue weighted by molar-refractivity contribution is -0.862. The van der Waals surface area contributed by atoms with Crippen LogP contribution in [0.4, 0.5) is 0 Å². The Hall–Kier alpha value is -2.17. The molecule has 0 unspecified atom stereocenters. The summed E-state index contributed by atoms with van der Waals surface area (Å²) in [6.45, 7) is 0.181. The number of nitrogens with zero attached hydrogens (tertiary/aromatic N) is 3. The van der Waals surface area contributed by atoms with Crippen LogP contribution in [0.3, 0.4) is 0 Å². The number of quaternary nitrogens is 1. The molecule has 0 aromatic rings. The van der Waals surface area contributed by atoms with Crippen molar-refractivity contribution in [1.82, 2.24) is 0 Å². The Kier molecular flexibility index (Phi) is 11.4. The summed E-state index contributed by atoms with van der Waals surface area (Å²) in [5.74, 6) is -0.752. The largest absolute Gasteiger partial charge is 0.477 e. The Balaban J connectivity index is -0.000000179. The number of aliphatic carboxylic acids is 1. The van der Waals surface area contributed by atoms with Crippen LogP contribution in [0, 0.1) is 25.4 Å². The smallest absolute Gasteiger partial charge is 0.359 e. The fourth-order valence-corrected chi connectivity index (χ4v) is 0.406. The Morgan fingerprint density at radius 3 is 1.38 bits per heavy atom. The van der Waals surface area contributed by atoms with E-state index in [1.165, 1.54) is 0 Å². The average molecular weight is 243 g/mol. The number of likely N-dealkylation sites (N-methyl/N-ethyl adjacent to an activating group) is 1. The summed E-state index contributed by atoms with van der Waals surface area (Å²) in [5, 5.41) is 36.6. The molecule has 0 aromatic heterocycles. The molecule has 0 rings (SSSR count). The van der Waals surface area contributed by atoms with E-state index in [0.717, 1.165) is 0 Å². The third-order valence-electron chi connectivity index (χ3n) is 0.610. The molecule has 0 spiro atoms. The first-order chi connectivity index (χ1) is 6.88. The molecule has 0 radical (unpaired) electrons. The zero-order chi connectivity index (χ0) is 13.9. The summed E-state index contributed by atoms with van der Waals surface area (Å²) in [7, 11) is 5.52. The highest BCUT2D eigenvalue weighted by Gasteiger charge is 2.11. The molecule has 11 heteroatoms. The maximum atomic E-state index is 10.00. The van der Waals surface area contributed by atoms with Gasteiger partial charge >= 0.3 is 5.97 Å². The summed E-state index contributed by atoms with van der Waals surface area (Å²) < 4.78 is 0.481. The molecule has 0 aliphatic carbocycles. The highest BCUT2D eigenvalue weighted by atomic mass is 16.9. The summed E-state index contributed by atoms with van der Waals surface area (Å²) in [6.07, 6.45) is 0. The molecule has 96 valence electrons. The molecular weight excluding hydrogens is 230 g/mol. The van der Waals surface area contributed by atoms with Gasteiger partial charge in [0.1, 0.15) is 0 Å². The van der Waals surface area contributed by atoms with Gasteiger partial charge < -0.3 is 30.1 Å². The van der Waals surface area contributed by atoms with Gasteiger partial charge in [0.25, 0.3) is 5.09 Å². The highest BCUT2D eigenvalue weighted by molar-refractivity contribution is 5.67. The predicted octanol–water partition coefficient (Wildman–Crippen LogP) is -0.810. The summed E-state index contributed by atoms with van der Waals surface area (Å²) in [4.78, 5) is 26.6. The third kappa shape index (κ3) is 173. The van der Waals surface area contributed by atoms with Crippen LogP contribution in [0.1, 0.15) is 0 Å². The standard InChI is InChI=1S/C5H11NO2.HNO3.NO3/c1-6(2,3)4-5(7)8;2*2-1(3)4/h4H2,1-3H3;(H,2,3,4);/q;;-1/p+1. The van der Waals surface area contributed by atoms with Gasteiger partial charge in [-0.2, -0.15) is 0 Å². The Morgan fingerprint density at radius 2 is 1.38 bits per heavy atom. The van der Waals surface area contributed by atoms with Gasteiger partial charge in [0.05, 0.1) is 26.2 Å². The molecule has 2 N–H and O–H groups in total. The lowest BCUT2D eigenvalue weighted by Crippen LogP contribution is -2.39. The van der Waals surface area contributed by atoms with E-state index in [-0.39, 0.29) is 6.54 Å². The van der Waals surface area contributed by atoms with E-state index >= 15 is 0 Å². The van der Waals surface area contributed by atoms with Gasteiger partial charge in [-0.3, -0.25) is 0 Å². The van der Waals surface area contributed by atoms with Gasteiger partial charge in [0.15, 0.2) is 6.54 Å². The first-order valence-corrected chi connectivity index (χ1v) is 3.55. The molecule has 0 amide bonds. The van der Waals surface area contributed by atoms with Gasteiger partial charge in [-0.15, -0.1) is 10.1 Å². The van der Waals surface area contributed by atoms with Crippen LogP contribution in [-0.2, 0) is 4.79 Å². The first-order valence-electron chi connectivity index (χ1n) is 3.55. The predicted molar refractivity (Wildman–Crippen MR) is 49.7 cm³/mol. The normalized spacial score (nSPS) is 8.69. The zero-order valence-corrected chi connectivity index (χ0v) is 8.89. The Bertz CT molecular complexity index is 214. The Labute approximate surface area is 89.9 Å². The summed E-state index contributed by atoms with van der Waals surface area (Å²) in [6, 6.07) is 0. The average Bonchev–Trinajstić information content (AvgIpc) is 1.74. The van der Waals surface area contributed by atoms with Crippen LogP contribution in [0.5, 0.6) is 0 Å². The number of carbonyl (C=O) groups is 1. The van der Waals surface area contributed by atoms with Crippen molar-refractivity contribution in [3.05, 3.63) is 25.4 Å². The van der Waals surface area contributed by atoms with Crippen LogP contribution in [0.2, 0.25) is 0 Å². The van der Waals surface area contributed by atoms with Crippen molar-refractivity contribution >= 4 is 5.97 Å².